The number of carbonyl (C=O) groups is 1. The van der Waals surface area contributed by atoms with Gasteiger partial charge < -0.3 is 14.0 Å². The van der Waals surface area contributed by atoms with Crippen LogP contribution in [0.2, 0.25) is 45.8 Å². The fourth-order valence-corrected chi connectivity index (χ4v) is 6.07. The molecule has 0 heterocycles. The van der Waals surface area contributed by atoms with Crippen LogP contribution in [0.1, 0.15) is 25.0 Å². The van der Waals surface area contributed by atoms with E-state index < -0.39 is 32.1 Å². The second-order valence-electron chi connectivity index (χ2n) is 9.30. The summed E-state index contributed by atoms with van der Waals surface area (Å²) < 4.78 is 12.9. The number of rotatable bonds is 9. The highest BCUT2D eigenvalue weighted by molar-refractivity contribution is 6.71. The summed E-state index contributed by atoms with van der Waals surface area (Å²) in [6, 6.07) is 2.00. The average Bonchev–Trinajstić information content (AvgIpc) is 2.45. The molecular formula is C20H36O4Si3. The molecule has 27 heavy (non-hydrogen) atoms. The van der Waals surface area contributed by atoms with E-state index in [0.29, 0.717) is 5.92 Å². The van der Waals surface area contributed by atoms with Gasteiger partial charge in [-0.25, -0.2) is 4.79 Å². The smallest absolute Gasteiger partial charge is 0.328 e. The second kappa shape index (κ2) is 9.25. The van der Waals surface area contributed by atoms with E-state index >= 15 is 0 Å². The molecule has 1 aromatic rings. The van der Waals surface area contributed by atoms with E-state index in [1.165, 1.54) is 16.8 Å². The van der Waals surface area contributed by atoms with E-state index in [2.05, 4.69) is 59.7 Å². The van der Waals surface area contributed by atoms with Gasteiger partial charge in [0.1, 0.15) is 11.5 Å². The lowest BCUT2D eigenvalue weighted by atomic mass is 9.99. The Morgan fingerprint density at radius 2 is 1.70 bits per heavy atom. The maximum Gasteiger partial charge on any atom is 0.328 e. The van der Waals surface area contributed by atoms with Crippen molar-refractivity contribution in [1.29, 1.82) is 0 Å². The average molecular weight is 425 g/mol. The monoisotopic (exact) mass is 424 g/mol. The molecule has 0 bridgehead atoms. The van der Waals surface area contributed by atoms with Crippen LogP contribution in [0.15, 0.2) is 12.1 Å². The minimum Gasteiger partial charge on any atom is -0.544 e. The van der Waals surface area contributed by atoms with Crippen molar-refractivity contribution in [2.45, 2.75) is 66.1 Å². The van der Waals surface area contributed by atoms with E-state index in [-0.39, 0.29) is 0 Å². The molecule has 0 saturated carbocycles. The quantitative estimate of drug-likeness (QED) is 0.475. The van der Waals surface area contributed by atoms with Gasteiger partial charge >= 0.3 is 5.97 Å². The fraction of sp³-hybridized carbons (Fsp3) is 0.550. The molecule has 0 spiro atoms. The number of carboxylic acid groups (broad SMARTS) is 1. The number of carboxylic acids is 1. The normalized spacial score (nSPS) is 13.1. The van der Waals surface area contributed by atoms with Crippen molar-refractivity contribution in [3.05, 3.63) is 23.3 Å². The van der Waals surface area contributed by atoms with Gasteiger partial charge in [-0.3, -0.25) is 0 Å². The molecule has 0 aliphatic carbocycles. The highest BCUT2D eigenvalue weighted by atomic mass is 28.4. The van der Waals surface area contributed by atoms with Crippen molar-refractivity contribution < 1.29 is 18.8 Å². The molecule has 1 rings (SSSR count). The van der Waals surface area contributed by atoms with Gasteiger partial charge in [0.25, 0.3) is 0 Å². The van der Waals surface area contributed by atoms with Crippen LogP contribution in [0.4, 0.5) is 0 Å². The molecule has 0 aliphatic rings. The van der Waals surface area contributed by atoms with Gasteiger partial charge in [0, 0.05) is 11.6 Å². The molecule has 0 aromatic heterocycles. The molecule has 7 heteroatoms. The number of aliphatic carboxylic acids is 1. The molecule has 1 aromatic carbocycles. The van der Waals surface area contributed by atoms with Crippen LogP contribution in [-0.4, -0.2) is 37.2 Å². The van der Waals surface area contributed by atoms with Crippen molar-refractivity contribution >= 4 is 43.4 Å². The van der Waals surface area contributed by atoms with Crippen LogP contribution in [0.5, 0.6) is 11.5 Å². The maximum atomic E-state index is 11.1. The molecule has 0 fully saturated rings. The van der Waals surface area contributed by atoms with Gasteiger partial charge in [-0.05, 0) is 74.5 Å². The first-order chi connectivity index (χ1) is 12.2. The zero-order valence-electron chi connectivity index (χ0n) is 18.4. The van der Waals surface area contributed by atoms with Gasteiger partial charge in [-0.1, -0.05) is 20.4 Å². The topological polar surface area (TPSA) is 55.8 Å². The summed E-state index contributed by atoms with van der Waals surface area (Å²) in [6.45, 7) is 19.7. The Bertz CT molecular complexity index is 699. The standard InChI is InChI=1S/C20H36O4Si3/c1-14(2)12-16-17(23-26(4,5)6)13-15(10-11-18(21)22)19(20(16)25-3)24-27(7,8)9/h10-11,13-14H,12,25H2,1-9H3,(H,21,22). The first-order valence-electron chi connectivity index (χ1n) is 9.71. The van der Waals surface area contributed by atoms with Crippen LogP contribution in [0.25, 0.3) is 6.08 Å². The van der Waals surface area contributed by atoms with Gasteiger partial charge in [0.15, 0.2) is 0 Å². The molecule has 0 saturated heterocycles. The van der Waals surface area contributed by atoms with E-state index in [1.807, 2.05) is 6.07 Å². The molecule has 1 N–H and O–H groups in total. The van der Waals surface area contributed by atoms with Crippen molar-refractivity contribution in [3.8, 4) is 11.5 Å². The van der Waals surface area contributed by atoms with Gasteiger partial charge in [0.2, 0.25) is 16.6 Å². The third-order valence-electron chi connectivity index (χ3n) is 3.68. The third-order valence-corrected chi connectivity index (χ3v) is 6.78. The fourth-order valence-electron chi connectivity index (χ4n) is 2.89. The van der Waals surface area contributed by atoms with E-state index in [0.717, 1.165) is 23.5 Å². The van der Waals surface area contributed by atoms with E-state index in [4.69, 9.17) is 14.0 Å². The van der Waals surface area contributed by atoms with Crippen molar-refractivity contribution in [2.75, 3.05) is 0 Å². The summed E-state index contributed by atoms with van der Waals surface area (Å²) in [6.07, 6.45) is 3.79. The lowest BCUT2D eigenvalue weighted by Crippen LogP contribution is -2.36. The molecule has 0 unspecified atom stereocenters. The molecule has 4 nitrogen and oxygen atoms in total. The largest absolute Gasteiger partial charge is 0.544 e. The first kappa shape index (κ1) is 23.7. The first-order valence-corrected chi connectivity index (χ1v) is 18.6. The Morgan fingerprint density at radius 3 is 2.11 bits per heavy atom. The molecular weight excluding hydrogens is 388 g/mol. The Morgan fingerprint density at radius 1 is 1.15 bits per heavy atom. The van der Waals surface area contributed by atoms with Crippen molar-refractivity contribution in [3.63, 3.8) is 0 Å². The third kappa shape index (κ3) is 8.06. The highest BCUT2D eigenvalue weighted by Crippen LogP contribution is 2.32. The Kier molecular flexibility index (Phi) is 8.13. The number of hydrogen-bond donors (Lipinski definition) is 1. The Hall–Kier alpha value is -1.32. The Labute approximate surface area is 169 Å². The predicted molar refractivity (Wildman–Crippen MR) is 124 cm³/mol. The summed E-state index contributed by atoms with van der Waals surface area (Å²) in [4.78, 5) is 11.1. The zero-order valence-corrected chi connectivity index (χ0v) is 21.8. The molecule has 0 aliphatic heterocycles. The lowest BCUT2D eigenvalue weighted by molar-refractivity contribution is -0.131. The summed E-state index contributed by atoms with van der Waals surface area (Å²) in [5.41, 5.74) is 2.09. The summed E-state index contributed by atoms with van der Waals surface area (Å²) in [5, 5.41) is 10.4. The van der Waals surface area contributed by atoms with Gasteiger partial charge in [-0.2, -0.15) is 0 Å². The van der Waals surface area contributed by atoms with Crippen LogP contribution >= 0.6 is 0 Å². The van der Waals surface area contributed by atoms with E-state index in [1.54, 1.807) is 6.08 Å². The zero-order chi connectivity index (χ0) is 21.0. The summed E-state index contributed by atoms with van der Waals surface area (Å²) >= 11 is 0. The molecule has 152 valence electrons. The minimum atomic E-state index is -1.85. The SMILES string of the molecule is C[SiH2]c1c(CC(C)C)c(O[Si](C)(C)C)cc(C=CC(=O)O)c1O[Si](C)(C)C. The summed E-state index contributed by atoms with van der Waals surface area (Å²) in [5.74, 6) is 1.36. The van der Waals surface area contributed by atoms with Crippen LogP contribution in [0.3, 0.4) is 0 Å². The minimum absolute atomic E-state index is 0.508. The van der Waals surface area contributed by atoms with E-state index in [9.17, 15) is 4.79 Å². The van der Waals surface area contributed by atoms with Crippen molar-refractivity contribution in [1.82, 2.24) is 0 Å². The molecule has 0 radical (unpaired) electrons. The second-order valence-corrected chi connectivity index (χ2v) is 19.6. The predicted octanol–water partition coefficient (Wildman–Crippen LogP) is 4.25. The molecule has 0 atom stereocenters. The van der Waals surface area contributed by atoms with Crippen molar-refractivity contribution in [2.24, 2.45) is 5.92 Å². The van der Waals surface area contributed by atoms with Gasteiger partial charge in [0.05, 0.1) is 9.52 Å². The number of benzene rings is 1. The lowest BCUT2D eigenvalue weighted by Gasteiger charge is -2.29. The summed E-state index contributed by atoms with van der Waals surface area (Å²) in [7, 11) is -4.22. The van der Waals surface area contributed by atoms with Gasteiger partial charge in [-0.15, -0.1) is 0 Å². The van der Waals surface area contributed by atoms with Crippen LogP contribution in [-0.2, 0) is 11.2 Å². The maximum absolute atomic E-state index is 11.1. The van der Waals surface area contributed by atoms with Crippen LogP contribution < -0.4 is 14.0 Å². The molecule has 0 amide bonds. The highest BCUT2D eigenvalue weighted by Gasteiger charge is 2.26. The Balaban J connectivity index is 3.77. The number of hydrogen-bond acceptors (Lipinski definition) is 3. The van der Waals surface area contributed by atoms with Crippen LogP contribution in [0, 0.1) is 5.92 Å².